The number of carbonyl (C=O) groups excluding carboxylic acids is 1. The summed E-state index contributed by atoms with van der Waals surface area (Å²) in [6, 6.07) is 10.2. The van der Waals surface area contributed by atoms with Crippen molar-refractivity contribution in [1.82, 2.24) is 9.47 Å². The number of aliphatic carboxylic acids is 1. The van der Waals surface area contributed by atoms with Crippen LogP contribution in [0.15, 0.2) is 47.4 Å². The SMILES string of the molecule is COC1CN(CCc2cn(C(CC(C)C)C(=O)C[C@@H](CC(=O)O)c3cc(-c4c(C)cccc4C)cc(C)c3F)c(=O)cc2C)C1. The molecule has 1 aromatic heterocycles. The minimum atomic E-state index is -1.11. The number of ether oxygens (including phenoxy) is 1. The fourth-order valence-corrected chi connectivity index (χ4v) is 6.56. The zero-order valence-electron chi connectivity index (χ0n) is 27.7. The van der Waals surface area contributed by atoms with Gasteiger partial charge in [0.05, 0.1) is 18.6 Å². The Kier molecular flexibility index (Phi) is 11.2. The van der Waals surface area contributed by atoms with E-state index in [1.165, 1.54) is 4.57 Å². The Morgan fingerprint density at radius 3 is 2.27 bits per heavy atom. The number of aryl methyl sites for hydroxylation is 4. The van der Waals surface area contributed by atoms with E-state index in [1.54, 1.807) is 38.4 Å². The maximum absolute atomic E-state index is 15.8. The number of hydrogen-bond acceptors (Lipinski definition) is 5. The van der Waals surface area contributed by atoms with Gasteiger partial charge in [-0.1, -0.05) is 32.0 Å². The molecule has 1 unspecified atom stereocenters. The molecule has 0 saturated carbocycles. The number of ketones is 1. The summed E-state index contributed by atoms with van der Waals surface area (Å²) in [5.74, 6) is -2.69. The lowest BCUT2D eigenvalue weighted by atomic mass is 9.84. The molecule has 1 fully saturated rings. The van der Waals surface area contributed by atoms with Gasteiger partial charge >= 0.3 is 5.97 Å². The number of carbonyl (C=O) groups is 2. The lowest BCUT2D eigenvalue weighted by molar-refractivity contribution is -0.137. The predicted molar refractivity (Wildman–Crippen MR) is 176 cm³/mol. The number of hydrogen-bond donors (Lipinski definition) is 1. The minimum absolute atomic E-state index is 0.0898. The van der Waals surface area contributed by atoms with Crippen molar-refractivity contribution >= 4 is 11.8 Å². The highest BCUT2D eigenvalue weighted by atomic mass is 19.1. The average Bonchev–Trinajstić information content (AvgIpc) is 2.93. The number of pyridine rings is 1. The predicted octanol–water partition coefficient (Wildman–Crippen LogP) is 6.57. The van der Waals surface area contributed by atoms with Gasteiger partial charge in [0.1, 0.15) is 5.82 Å². The van der Waals surface area contributed by atoms with Gasteiger partial charge in [-0.25, -0.2) is 4.39 Å². The lowest BCUT2D eigenvalue weighted by Gasteiger charge is -2.38. The van der Waals surface area contributed by atoms with Crippen molar-refractivity contribution in [1.29, 1.82) is 0 Å². The first-order valence-corrected chi connectivity index (χ1v) is 15.9. The number of likely N-dealkylation sites (tertiary alicyclic amines) is 1. The van der Waals surface area contributed by atoms with Crippen LogP contribution in [0.25, 0.3) is 11.1 Å². The van der Waals surface area contributed by atoms with Gasteiger partial charge in [-0.15, -0.1) is 0 Å². The molecule has 0 spiro atoms. The highest BCUT2D eigenvalue weighted by Crippen LogP contribution is 2.36. The van der Waals surface area contributed by atoms with E-state index in [-0.39, 0.29) is 35.3 Å². The third kappa shape index (κ3) is 8.16. The Labute approximate surface area is 266 Å². The molecule has 4 rings (SSSR count). The van der Waals surface area contributed by atoms with E-state index in [0.717, 1.165) is 59.4 Å². The maximum atomic E-state index is 15.8. The van der Waals surface area contributed by atoms with E-state index in [0.29, 0.717) is 12.0 Å². The number of carboxylic acids is 1. The minimum Gasteiger partial charge on any atom is -0.481 e. The first-order valence-electron chi connectivity index (χ1n) is 15.9. The number of Topliss-reactive ketones (excluding diaryl/α,β-unsaturated/α-hetero) is 1. The summed E-state index contributed by atoms with van der Waals surface area (Å²) >= 11 is 0. The van der Waals surface area contributed by atoms with Crippen molar-refractivity contribution in [2.45, 2.75) is 85.3 Å². The van der Waals surface area contributed by atoms with Crippen molar-refractivity contribution in [2.24, 2.45) is 5.92 Å². The summed E-state index contributed by atoms with van der Waals surface area (Å²) in [5, 5.41) is 9.87. The summed E-state index contributed by atoms with van der Waals surface area (Å²) in [5.41, 5.74) is 6.01. The molecule has 7 nitrogen and oxygen atoms in total. The average molecular weight is 619 g/mol. The van der Waals surface area contributed by atoms with Crippen LogP contribution in [0.1, 0.15) is 78.5 Å². The fraction of sp³-hybridized carbons (Fsp3) is 0.486. The smallest absolute Gasteiger partial charge is 0.303 e. The number of halogens is 1. The molecule has 3 aromatic rings. The van der Waals surface area contributed by atoms with Gasteiger partial charge in [0.15, 0.2) is 5.78 Å². The molecule has 0 amide bonds. The highest BCUT2D eigenvalue weighted by molar-refractivity contribution is 5.84. The largest absolute Gasteiger partial charge is 0.481 e. The van der Waals surface area contributed by atoms with E-state index in [4.69, 9.17) is 4.74 Å². The number of rotatable bonds is 14. The summed E-state index contributed by atoms with van der Waals surface area (Å²) in [4.78, 5) is 41.8. The van der Waals surface area contributed by atoms with Crippen molar-refractivity contribution in [3.63, 3.8) is 0 Å². The van der Waals surface area contributed by atoms with Gasteiger partial charge in [-0.3, -0.25) is 19.3 Å². The Hall–Kier alpha value is -3.62. The second-order valence-electron chi connectivity index (χ2n) is 13.2. The Bertz CT molecular complexity index is 1580. The summed E-state index contributed by atoms with van der Waals surface area (Å²) < 4.78 is 22.7. The third-order valence-corrected chi connectivity index (χ3v) is 9.11. The quantitative estimate of drug-likeness (QED) is 0.220. The van der Waals surface area contributed by atoms with Crippen molar-refractivity contribution in [3.8, 4) is 11.1 Å². The zero-order valence-corrected chi connectivity index (χ0v) is 27.7. The van der Waals surface area contributed by atoms with Crippen molar-refractivity contribution < 1.29 is 23.8 Å². The molecule has 2 heterocycles. The van der Waals surface area contributed by atoms with Gasteiger partial charge < -0.3 is 14.4 Å². The molecule has 1 aliphatic heterocycles. The first-order chi connectivity index (χ1) is 21.3. The number of benzene rings is 2. The molecule has 1 aliphatic rings. The van der Waals surface area contributed by atoms with Gasteiger partial charge in [0, 0.05) is 51.3 Å². The van der Waals surface area contributed by atoms with Crippen LogP contribution >= 0.6 is 0 Å². The number of aromatic nitrogens is 1. The summed E-state index contributed by atoms with van der Waals surface area (Å²) in [6.07, 6.45) is 2.59. The molecule has 0 bridgehead atoms. The molecule has 1 saturated heterocycles. The molecule has 0 radical (unpaired) electrons. The monoisotopic (exact) mass is 618 g/mol. The third-order valence-electron chi connectivity index (χ3n) is 9.11. The van der Waals surface area contributed by atoms with Crippen LogP contribution in [0.2, 0.25) is 0 Å². The van der Waals surface area contributed by atoms with Crippen LogP contribution in [0.4, 0.5) is 4.39 Å². The molecule has 45 heavy (non-hydrogen) atoms. The molecule has 0 aliphatic carbocycles. The van der Waals surface area contributed by atoms with Crippen molar-refractivity contribution in [3.05, 3.63) is 92.1 Å². The number of carboxylic acid groups (broad SMARTS) is 1. The highest BCUT2D eigenvalue weighted by Gasteiger charge is 2.30. The first kappa shape index (κ1) is 34.3. The fourth-order valence-electron chi connectivity index (χ4n) is 6.56. The second-order valence-corrected chi connectivity index (χ2v) is 13.2. The molecule has 2 aromatic carbocycles. The molecular formula is C37H47FN2O5. The van der Waals surface area contributed by atoms with Crippen LogP contribution in [0.5, 0.6) is 0 Å². The van der Waals surface area contributed by atoms with E-state index >= 15 is 4.39 Å². The second kappa shape index (κ2) is 14.6. The molecular weight excluding hydrogens is 571 g/mol. The van der Waals surface area contributed by atoms with Gasteiger partial charge in [0.2, 0.25) is 0 Å². The van der Waals surface area contributed by atoms with Crippen LogP contribution in [-0.4, -0.2) is 59.2 Å². The van der Waals surface area contributed by atoms with E-state index in [9.17, 15) is 19.5 Å². The zero-order chi connectivity index (χ0) is 33.0. The molecule has 1 N–H and O–H groups in total. The number of methoxy groups -OCH3 is 1. The molecule has 8 heteroatoms. The molecule has 242 valence electrons. The standard InChI is InChI=1S/C37H47FN2O5/c1-22(2)13-32(40-19-27(25(5)15-34(40)42)11-12-39-20-30(21-39)45-7)33(41)17-28(18-35(43)44)31-16-29(14-26(6)37(31)38)36-23(3)9-8-10-24(36)4/h8-10,14-16,19,22,28,30,32H,11-13,17-18,20-21H2,1-7H3,(H,43,44)/t28-,32?/m0/s1. The lowest BCUT2D eigenvalue weighted by Crippen LogP contribution is -2.52. The van der Waals surface area contributed by atoms with Crippen LogP contribution < -0.4 is 5.56 Å². The van der Waals surface area contributed by atoms with Crippen molar-refractivity contribution in [2.75, 3.05) is 26.7 Å². The Balaban J connectivity index is 1.69. The number of nitrogens with zero attached hydrogens (tertiary/aromatic N) is 2. The Morgan fingerprint density at radius 1 is 1.00 bits per heavy atom. The van der Waals surface area contributed by atoms with Gasteiger partial charge in [-0.05, 0) is 103 Å². The molecule has 2 atom stereocenters. The summed E-state index contributed by atoms with van der Waals surface area (Å²) in [6.45, 7) is 14.1. The van der Waals surface area contributed by atoms with E-state index in [1.807, 2.05) is 52.8 Å². The van der Waals surface area contributed by atoms with Gasteiger partial charge in [0.25, 0.3) is 5.56 Å². The van der Waals surface area contributed by atoms with E-state index in [2.05, 4.69) is 4.90 Å². The van der Waals surface area contributed by atoms with E-state index < -0.39 is 30.2 Å². The van der Waals surface area contributed by atoms with Crippen LogP contribution in [0, 0.1) is 39.4 Å². The van der Waals surface area contributed by atoms with Crippen LogP contribution in [-0.2, 0) is 20.7 Å². The Morgan fingerprint density at radius 2 is 1.67 bits per heavy atom. The van der Waals surface area contributed by atoms with Crippen LogP contribution in [0.3, 0.4) is 0 Å². The normalized spacial score (nSPS) is 15.2. The maximum Gasteiger partial charge on any atom is 0.303 e. The topological polar surface area (TPSA) is 88.8 Å². The summed E-state index contributed by atoms with van der Waals surface area (Å²) in [7, 11) is 1.71. The van der Waals surface area contributed by atoms with Gasteiger partial charge in [-0.2, -0.15) is 0 Å².